The lowest BCUT2D eigenvalue weighted by atomic mass is 9.94. The molecule has 6 N–H and O–H groups in total. The second-order valence-electron chi connectivity index (χ2n) is 6.61. The molecule has 25 heavy (non-hydrogen) atoms. The first-order valence-corrected chi connectivity index (χ1v) is 8.69. The van der Waals surface area contributed by atoms with Crippen LogP contribution < -0.4 is 17.2 Å². The van der Waals surface area contributed by atoms with E-state index < -0.39 is 23.8 Å². The minimum atomic E-state index is -1.06. The van der Waals surface area contributed by atoms with E-state index in [1.165, 1.54) is 0 Å². The molecule has 0 saturated carbocycles. The summed E-state index contributed by atoms with van der Waals surface area (Å²) in [5, 5.41) is 0. The molecule has 1 amide bonds. The number of carbonyl (C=O) groups excluding carboxylic acids is 2. The molecule has 7 nitrogen and oxygen atoms in total. The predicted octanol–water partition coefficient (Wildman–Crippen LogP) is -0.171. The summed E-state index contributed by atoms with van der Waals surface area (Å²) in [4.78, 5) is 26.1. The Labute approximate surface area is 148 Å². The molecule has 2 unspecified atom stereocenters. The van der Waals surface area contributed by atoms with Crippen molar-refractivity contribution in [2.75, 3.05) is 26.2 Å². The van der Waals surface area contributed by atoms with Gasteiger partial charge in [-0.05, 0) is 44.0 Å². The van der Waals surface area contributed by atoms with Crippen LogP contribution in [0.4, 0.5) is 0 Å². The molecule has 1 fully saturated rings. The predicted molar refractivity (Wildman–Crippen MR) is 95.1 cm³/mol. The largest absolute Gasteiger partial charge is 0.461 e. The third-order valence-electron chi connectivity index (χ3n) is 4.78. The number of ether oxygens (including phenoxy) is 1. The lowest BCUT2D eigenvalue weighted by molar-refractivity contribution is -0.153. The molecule has 0 aromatic heterocycles. The number of primary amides is 1. The number of nitrogens with zero attached hydrogens (tertiary/aromatic N) is 1. The fraction of sp³-hybridized carbons (Fsp3) is 0.556. The average molecular weight is 348 g/mol. The summed E-state index contributed by atoms with van der Waals surface area (Å²) in [6.07, 6.45) is 1.96. The molecule has 1 heterocycles. The summed E-state index contributed by atoms with van der Waals surface area (Å²) < 4.78 is 5.37. The molecule has 138 valence electrons. The Kier molecular flexibility index (Phi) is 7.36. The number of carbonyl (C=O) groups is 2. The topological polar surface area (TPSA) is 125 Å². The number of likely N-dealkylation sites (tertiary alicyclic amines) is 1. The number of nitrogens with two attached hydrogens (primary N) is 3. The van der Waals surface area contributed by atoms with Crippen molar-refractivity contribution in [2.45, 2.75) is 25.5 Å². The number of hydrogen-bond acceptors (Lipinski definition) is 6. The maximum absolute atomic E-state index is 12.5. The van der Waals surface area contributed by atoms with Crippen LogP contribution in [0.15, 0.2) is 30.3 Å². The highest BCUT2D eigenvalue weighted by atomic mass is 16.5. The monoisotopic (exact) mass is 348 g/mol. The van der Waals surface area contributed by atoms with E-state index in [1.807, 2.05) is 30.3 Å². The molecular weight excluding hydrogens is 320 g/mol. The van der Waals surface area contributed by atoms with Gasteiger partial charge in [0.05, 0.1) is 12.0 Å². The number of rotatable bonds is 8. The van der Waals surface area contributed by atoms with Gasteiger partial charge in [-0.2, -0.15) is 0 Å². The highest BCUT2D eigenvalue weighted by Gasteiger charge is 2.33. The highest BCUT2D eigenvalue weighted by Crippen LogP contribution is 2.18. The van der Waals surface area contributed by atoms with Gasteiger partial charge in [-0.1, -0.05) is 30.3 Å². The molecule has 0 spiro atoms. The quantitative estimate of drug-likeness (QED) is 0.560. The van der Waals surface area contributed by atoms with E-state index in [1.54, 1.807) is 0 Å². The lowest BCUT2D eigenvalue weighted by Gasteiger charge is -2.34. The number of esters is 1. The number of benzene rings is 1. The molecule has 1 aromatic carbocycles. The maximum Gasteiger partial charge on any atom is 0.312 e. The van der Waals surface area contributed by atoms with Gasteiger partial charge in [0, 0.05) is 6.54 Å². The number of hydrogen-bond donors (Lipinski definition) is 3. The van der Waals surface area contributed by atoms with E-state index in [9.17, 15) is 9.59 Å². The lowest BCUT2D eigenvalue weighted by Crippen LogP contribution is -2.52. The Morgan fingerprint density at radius 3 is 2.40 bits per heavy atom. The van der Waals surface area contributed by atoms with Crippen molar-refractivity contribution in [3.05, 3.63) is 35.9 Å². The Morgan fingerprint density at radius 2 is 1.84 bits per heavy atom. The zero-order chi connectivity index (χ0) is 18.2. The second-order valence-corrected chi connectivity index (χ2v) is 6.61. The molecule has 2 rings (SSSR count). The molecule has 7 heteroatoms. The first-order chi connectivity index (χ1) is 12.0. The molecule has 0 bridgehead atoms. The Balaban J connectivity index is 1.95. The Bertz CT molecular complexity index is 559. The van der Waals surface area contributed by atoms with Gasteiger partial charge < -0.3 is 26.8 Å². The summed E-state index contributed by atoms with van der Waals surface area (Å²) in [5.41, 5.74) is 17.8. The number of piperidine rings is 1. The van der Waals surface area contributed by atoms with Crippen LogP contribution in [0.25, 0.3) is 0 Å². The van der Waals surface area contributed by atoms with E-state index >= 15 is 0 Å². The van der Waals surface area contributed by atoms with Crippen molar-refractivity contribution in [3.63, 3.8) is 0 Å². The zero-order valence-electron chi connectivity index (χ0n) is 14.5. The van der Waals surface area contributed by atoms with Crippen molar-refractivity contribution in [3.8, 4) is 0 Å². The second kappa shape index (κ2) is 9.50. The molecule has 1 saturated heterocycles. The fourth-order valence-corrected chi connectivity index (χ4v) is 3.05. The summed E-state index contributed by atoms with van der Waals surface area (Å²) in [6, 6.07) is 8.31. The first kappa shape index (κ1) is 19.4. The summed E-state index contributed by atoms with van der Waals surface area (Å²) in [6.45, 7) is 2.86. The van der Waals surface area contributed by atoms with Gasteiger partial charge in [0.25, 0.3) is 0 Å². The molecular formula is C18H28N4O3. The minimum Gasteiger partial charge on any atom is -0.461 e. The first-order valence-electron chi connectivity index (χ1n) is 8.69. The summed E-state index contributed by atoms with van der Waals surface area (Å²) in [5.74, 6) is -1.44. The third kappa shape index (κ3) is 5.81. The molecule has 0 radical (unpaired) electrons. The Morgan fingerprint density at radius 1 is 1.20 bits per heavy atom. The smallest absolute Gasteiger partial charge is 0.312 e. The molecule has 1 aliphatic rings. The van der Waals surface area contributed by atoms with Gasteiger partial charge in [-0.25, -0.2) is 0 Å². The third-order valence-corrected chi connectivity index (χ3v) is 4.78. The van der Waals surface area contributed by atoms with Crippen molar-refractivity contribution in [2.24, 2.45) is 29.0 Å². The van der Waals surface area contributed by atoms with Gasteiger partial charge in [0.1, 0.15) is 6.61 Å². The van der Waals surface area contributed by atoms with E-state index in [0.717, 1.165) is 31.5 Å². The van der Waals surface area contributed by atoms with E-state index in [-0.39, 0.29) is 6.61 Å². The highest BCUT2D eigenvalue weighted by molar-refractivity contribution is 5.87. The van der Waals surface area contributed by atoms with Crippen molar-refractivity contribution in [1.29, 1.82) is 0 Å². The Hall–Kier alpha value is -1.96. The van der Waals surface area contributed by atoms with E-state index in [2.05, 4.69) is 4.90 Å². The molecule has 1 aliphatic heterocycles. The summed E-state index contributed by atoms with van der Waals surface area (Å²) in [7, 11) is 0. The van der Waals surface area contributed by atoms with E-state index in [0.29, 0.717) is 19.0 Å². The zero-order valence-corrected chi connectivity index (χ0v) is 14.5. The standard InChI is InChI=1S/C18H28N4O3/c19-10-13-6-8-22(9-7-13)11-15(16(20)17(21)23)18(24)25-12-14-4-2-1-3-5-14/h1-5,13,15-16H,6-12,19-20H2,(H2,21,23). The maximum atomic E-state index is 12.5. The van der Waals surface area contributed by atoms with Gasteiger partial charge in [0.2, 0.25) is 5.91 Å². The van der Waals surface area contributed by atoms with Crippen LogP contribution in [-0.4, -0.2) is 49.0 Å². The van der Waals surface area contributed by atoms with Gasteiger partial charge >= 0.3 is 5.97 Å². The molecule has 1 aromatic rings. The van der Waals surface area contributed by atoms with Gasteiger partial charge in [0.15, 0.2) is 0 Å². The van der Waals surface area contributed by atoms with E-state index in [4.69, 9.17) is 21.9 Å². The van der Waals surface area contributed by atoms with Crippen LogP contribution in [0.1, 0.15) is 18.4 Å². The van der Waals surface area contributed by atoms with Gasteiger partial charge in [-0.3, -0.25) is 9.59 Å². The van der Waals surface area contributed by atoms with Crippen LogP contribution in [-0.2, 0) is 20.9 Å². The van der Waals surface area contributed by atoms with Crippen LogP contribution in [0, 0.1) is 11.8 Å². The van der Waals surface area contributed by atoms with Crippen molar-refractivity contribution in [1.82, 2.24) is 4.90 Å². The van der Waals surface area contributed by atoms with Crippen LogP contribution in [0.3, 0.4) is 0 Å². The van der Waals surface area contributed by atoms with Crippen LogP contribution in [0.5, 0.6) is 0 Å². The van der Waals surface area contributed by atoms with Crippen LogP contribution in [0.2, 0.25) is 0 Å². The normalized spacial score (nSPS) is 18.5. The molecule has 0 aliphatic carbocycles. The minimum absolute atomic E-state index is 0.150. The van der Waals surface area contributed by atoms with Gasteiger partial charge in [-0.15, -0.1) is 0 Å². The molecule has 2 atom stereocenters. The summed E-state index contributed by atoms with van der Waals surface area (Å²) >= 11 is 0. The van der Waals surface area contributed by atoms with Crippen molar-refractivity contribution >= 4 is 11.9 Å². The fourth-order valence-electron chi connectivity index (χ4n) is 3.05. The van der Waals surface area contributed by atoms with Crippen molar-refractivity contribution < 1.29 is 14.3 Å². The average Bonchev–Trinajstić information content (AvgIpc) is 2.64. The number of amides is 1. The van der Waals surface area contributed by atoms with Crippen LogP contribution >= 0.6 is 0 Å². The SMILES string of the molecule is NCC1CCN(CC(C(=O)OCc2ccccc2)C(N)C(N)=O)CC1.